The van der Waals surface area contributed by atoms with Crippen molar-refractivity contribution < 1.29 is 18.3 Å². The van der Waals surface area contributed by atoms with Crippen LogP contribution >= 0.6 is 11.6 Å². The minimum atomic E-state index is -0.906. The van der Waals surface area contributed by atoms with Crippen LogP contribution < -0.4 is 21.3 Å². The number of anilines is 1. The monoisotopic (exact) mass is 512 g/mol. The van der Waals surface area contributed by atoms with E-state index in [2.05, 4.69) is 10.3 Å². The number of carbonyl (C=O) groups is 1. The number of carbonyl (C=O) groups excluding carboxylic acids is 1. The van der Waals surface area contributed by atoms with Gasteiger partial charge in [0.25, 0.3) is 11.5 Å². The standard InChI is InChI=1S/C25H19ClF2N4O4/c1-14(2)31-13-19(24(34)32(25(31)35)17-6-3-15(27)4-7-17)23(33)30-16-5-8-21(20(28)11-16)36-18-9-10-29-22(26)12-18/h3-14H,1-2H3,(H,30,33). The van der Waals surface area contributed by atoms with Crippen molar-refractivity contribution in [2.24, 2.45) is 0 Å². The van der Waals surface area contributed by atoms with Crippen LogP contribution in [0.4, 0.5) is 14.5 Å². The minimum Gasteiger partial charge on any atom is -0.454 e. The summed E-state index contributed by atoms with van der Waals surface area (Å²) in [6, 6.07) is 10.9. The fraction of sp³-hybridized carbons (Fsp3) is 0.120. The lowest BCUT2D eigenvalue weighted by atomic mass is 10.2. The van der Waals surface area contributed by atoms with E-state index in [-0.39, 0.29) is 33.6 Å². The second-order valence-electron chi connectivity index (χ2n) is 7.96. The minimum absolute atomic E-state index is 0.0487. The Bertz CT molecular complexity index is 1570. The van der Waals surface area contributed by atoms with Crippen molar-refractivity contribution in [2.75, 3.05) is 5.32 Å². The zero-order chi connectivity index (χ0) is 26.0. The number of hydrogen-bond donors (Lipinski definition) is 1. The highest BCUT2D eigenvalue weighted by atomic mass is 35.5. The van der Waals surface area contributed by atoms with Crippen molar-refractivity contribution >= 4 is 23.2 Å². The molecule has 0 spiro atoms. The Labute approximate surface area is 208 Å². The number of ether oxygens (including phenoxy) is 1. The Morgan fingerprint density at radius 3 is 2.42 bits per heavy atom. The topological polar surface area (TPSA) is 95.2 Å². The number of pyridine rings is 1. The van der Waals surface area contributed by atoms with E-state index in [0.717, 1.165) is 29.0 Å². The van der Waals surface area contributed by atoms with Crippen LogP contribution in [-0.2, 0) is 0 Å². The number of nitrogens with one attached hydrogen (secondary N) is 1. The molecule has 4 aromatic rings. The SMILES string of the molecule is CC(C)n1cc(C(=O)Nc2ccc(Oc3ccnc(Cl)c3)c(F)c2)c(=O)n(-c2ccc(F)cc2)c1=O. The third kappa shape index (κ3) is 5.18. The summed E-state index contributed by atoms with van der Waals surface area (Å²) in [6.45, 7) is 3.40. The van der Waals surface area contributed by atoms with Gasteiger partial charge in [-0.15, -0.1) is 0 Å². The van der Waals surface area contributed by atoms with Crippen LogP contribution in [0.2, 0.25) is 5.15 Å². The van der Waals surface area contributed by atoms with Crippen LogP contribution in [-0.4, -0.2) is 20.0 Å². The van der Waals surface area contributed by atoms with E-state index in [1.807, 2.05) is 0 Å². The average molecular weight is 513 g/mol. The van der Waals surface area contributed by atoms with Gasteiger partial charge in [-0.3, -0.25) is 14.2 Å². The van der Waals surface area contributed by atoms with Gasteiger partial charge in [0.1, 0.15) is 22.3 Å². The number of benzene rings is 2. The zero-order valence-corrected chi connectivity index (χ0v) is 19.8. The number of nitrogens with zero attached hydrogens (tertiary/aromatic N) is 3. The fourth-order valence-corrected chi connectivity index (χ4v) is 3.51. The number of aromatic nitrogens is 3. The van der Waals surface area contributed by atoms with Crippen LogP contribution in [0, 0.1) is 11.6 Å². The molecule has 0 aliphatic rings. The molecule has 0 aliphatic heterocycles. The normalized spacial score (nSPS) is 10.9. The lowest BCUT2D eigenvalue weighted by Crippen LogP contribution is -2.42. The highest BCUT2D eigenvalue weighted by molar-refractivity contribution is 6.29. The molecule has 0 atom stereocenters. The Morgan fingerprint density at radius 1 is 1.06 bits per heavy atom. The fourth-order valence-electron chi connectivity index (χ4n) is 3.35. The first-order valence-corrected chi connectivity index (χ1v) is 11.1. The highest BCUT2D eigenvalue weighted by Crippen LogP contribution is 2.27. The third-order valence-electron chi connectivity index (χ3n) is 5.12. The maximum Gasteiger partial charge on any atom is 0.335 e. The number of halogens is 3. The molecule has 1 N–H and O–H groups in total. The van der Waals surface area contributed by atoms with Gasteiger partial charge in [0.05, 0.1) is 5.69 Å². The van der Waals surface area contributed by atoms with Crippen LogP contribution in [0.25, 0.3) is 5.69 Å². The van der Waals surface area contributed by atoms with Gasteiger partial charge in [0.15, 0.2) is 11.6 Å². The molecule has 1 amide bonds. The molecule has 0 saturated heterocycles. The first-order chi connectivity index (χ1) is 17.1. The van der Waals surface area contributed by atoms with Crippen LogP contribution in [0.1, 0.15) is 30.2 Å². The molecular formula is C25H19ClF2N4O4. The van der Waals surface area contributed by atoms with Gasteiger partial charge in [-0.1, -0.05) is 11.6 Å². The molecule has 2 heterocycles. The summed E-state index contributed by atoms with van der Waals surface area (Å²) in [5, 5.41) is 2.63. The molecule has 0 bridgehead atoms. The van der Waals surface area contributed by atoms with E-state index in [1.165, 1.54) is 47.2 Å². The van der Waals surface area contributed by atoms with Gasteiger partial charge < -0.3 is 10.1 Å². The Balaban J connectivity index is 1.67. The van der Waals surface area contributed by atoms with E-state index < -0.39 is 34.8 Å². The Morgan fingerprint density at radius 2 is 1.78 bits per heavy atom. The van der Waals surface area contributed by atoms with Crippen molar-refractivity contribution in [1.29, 1.82) is 0 Å². The van der Waals surface area contributed by atoms with Crippen LogP contribution in [0.5, 0.6) is 11.5 Å². The first-order valence-electron chi connectivity index (χ1n) is 10.7. The molecule has 0 saturated carbocycles. The largest absolute Gasteiger partial charge is 0.454 e. The number of amides is 1. The summed E-state index contributed by atoms with van der Waals surface area (Å²) in [4.78, 5) is 42.9. The van der Waals surface area contributed by atoms with Crippen molar-refractivity contribution in [1.82, 2.24) is 14.1 Å². The quantitative estimate of drug-likeness (QED) is 0.369. The summed E-state index contributed by atoms with van der Waals surface area (Å²) < 4.78 is 35.5. The summed E-state index contributed by atoms with van der Waals surface area (Å²) in [6.07, 6.45) is 2.55. The third-order valence-corrected chi connectivity index (χ3v) is 5.32. The van der Waals surface area contributed by atoms with E-state index in [9.17, 15) is 23.2 Å². The van der Waals surface area contributed by atoms with Crippen LogP contribution in [0.15, 0.2) is 76.6 Å². The van der Waals surface area contributed by atoms with Gasteiger partial charge in [-0.2, -0.15) is 0 Å². The van der Waals surface area contributed by atoms with Gasteiger partial charge >= 0.3 is 5.69 Å². The summed E-state index contributed by atoms with van der Waals surface area (Å²) >= 11 is 5.80. The molecule has 36 heavy (non-hydrogen) atoms. The molecule has 2 aromatic heterocycles. The smallest absolute Gasteiger partial charge is 0.335 e. The number of hydrogen-bond acceptors (Lipinski definition) is 5. The van der Waals surface area contributed by atoms with Crippen molar-refractivity contribution in [3.05, 3.63) is 110 Å². The zero-order valence-electron chi connectivity index (χ0n) is 19.0. The van der Waals surface area contributed by atoms with Crippen molar-refractivity contribution in [3.63, 3.8) is 0 Å². The lowest BCUT2D eigenvalue weighted by molar-refractivity contribution is 0.102. The Kier molecular flexibility index (Phi) is 6.98. The Hall–Kier alpha value is -4.31. The average Bonchev–Trinajstić information content (AvgIpc) is 2.82. The molecular weight excluding hydrogens is 494 g/mol. The molecule has 0 fully saturated rings. The highest BCUT2D eigenvalue weighted by Gasteiger charge is 2.20. The number of rotatable bonds is 6. The molecule has 184 valence electrons. The molecule has 4 rings (SSSR count). The van der Waals surface area contributed by atoms with Gasteiger partial charge in [0, 0.05) is 36.3 Å². The van der Waals surface area contributed by atoms with E-state index in [4.69, 9.17) is 16.3 Å². The lowest BCUT2D eigenvalue weighted by Gasteiger charge is -2.16. The van der Waals surface area contributed by atoms with Crippen molar-refractivity contribution in [3.8, 4) is 17.2 Å². The summed E-state index contributed by atoms with van der Waals surface area (Å²) in [5.74, 6) is -2.05. The van der Waals surface area contributed by atoms with Gasteiger partial charge in [-0.05, 0) is 56.3 Å². The van der Waals surface area contributed by atoms with E-state index >= 15 is 0 Å². The van der Waals surface area contributed by atoms with Gasteiger partial charge in [0.2, 0.25) is 0 Å². The second kappa shape index (κ2) is 10.1. The first kappa shape index (κ1) is 24.8. The maximum atomic E-state index is 14.6. The molecule has 8 nitrogen and oxygen atoms in total. The predicted octanol–water partition coefficient (Wildman–Crippen LogP) is 4.95. The maximum absolute atomic E-state index is 14.6. The van der Waals surface area contributed by atoms with Gasteiger partial charge in [-0.25, -0.2) is 23.1 Å². The molecule has 11 heteroatoms. The van der Waals surface area contributed by atoms with E-state index in [0.29, 0.717) is 0 Å². The molecule has 0 aliphatic carbocycles. The summed E-state index contributed by atoms with van der Waals surface area (Å²) in [5.41, 5.74) is -1.82. The molecule has 0 radical (unpaired) electrons. The van der Waals surface area contributed by atoms with Crippen LogP contribution in [0.3, 0.4) is 0 Å². The second-order valence-corrected chi connectivity index (χ2v) is 8.35. The molecule has 0 unspecified atom stereocenters. The predicted molar refractivity (Wildman–Crippen MR) is 130 cm³/mol. The summed E-state index contributed by atoms with van der Waals surface area (Å²) in [7, 11) is 0. The molecule has 2 aromatic carbocycles. The van der Waals surface area contributed by atoms with Crippen molar-refractivity contribution in [2.45, 2.75) is 19.9 Å². The van der Waals surface area contributed by atoms with E-state index in [1.54, 1.807) is 13.8 Å².